The molecule has 0 aliphatic carbocycles. The molecular formula is C20H29F3N2O3S. The van der Waals surface area contributed by atoms with Gasteiger partial charge in [-0.1, -0.05) is 33.3 Å². The monoisotopic (exact) mass is 434 g/mol. The molecule has 5 nitrogen and oxygen atoms in total. The lowest BCUT2D eigenvalue weighted by Crippen LogP contribution is -2.43. The fraction of sp³-hybridized carbons (Fsp3) is 0.650. The van der Waals surface area contributed by atoms with E-state index in [4.69, 9.17) is 0 Å². The quantitative estimate of drug-likeness (QED) is 0.697. The highest BCUT2D eigenvalue weighted by atomic mass is 32.2. The van der Waals surface area contributed by atoms with E-state index in [9.17, 15) is 26.4 Å². The predicted molar refractivity (Wildman–Crippen MR) is 105 cm³/mol. The van der Waals surface area contributed by atoms with Crippen LogP contribution in [0.15, 0.2) is 23.1 Å². The molecule has 0 spiro atoms. The van der Waals surface area contributed by atoms with Crippen molar-refractivity contribution in [2.45, 2.75) is 58.0 Å². The first kappa shape index (κ1) is 23.7. The number of halogens is 3. The first-order valence-corrected chi connectivity index (χ1v) is 11.1. The van der Waals surface area contributed by atoms with E-state index >= 15 is 0 Å². The number of nitrogens with zero attached hydrogens (tertiary/aromatic N) is 2. The van der Waals surface area contributed by atoms with Gasteiger partial charge >= 0.3 is 6.18 Å². The zero-order valence-corrected chi connectivity index (χ0v) is 18.2. The van der Waals surface area contributed by atoms with Crippen molar-refractivity contribution in [3.63, 3.8) is 0 Å². The van der Waals surface area contributed by atoms with Crippen LogP contribution in [0.4, 0.5) is 13.2 Å². The maximum atomic E-state index is 13.1. The van der Waals surface area contributed by atoms with Gasteiger partial charge in [0.05, 0.1) is 4.90 Å². The first-order chi connectivity index (χ1) is 13.2. The third kappa shape index (κ3) is 6.44. The summed E-state index contributed by atoms with van der Waals surface area (Å²) in [7, 11) is -3.79. The molecule has 1 aromatic carbocycles. The van der Waals surface area contributed by atoms with Crippen molar-refractivity contribution in [3.05, 3.63) is 29.3 Å². The van der Waals surface area contributed by atoms with Gasteiger partial charge in [-0.25, -0.2) is 8.42 Å². The minimum atomic E-state index is -4.55. The maximum absolute atomic E-state index is 13.1. The molecule has 1 amide bonds. The fourth-order valence-corrected chi connectivity index (χ4v) is 4.95. The topological polar surface area (TPSA) is 57.7 Å². The van der Waals surface area contributed by atoms with Gasteiger partial charge in [-0.3, -0.25) is 4.79 Å². The highest BCUT2D eigenvalue weighted by molar-refractivity contribution is 7.89. The molecule has 9 heteroatoms. The molecule has 29 heavy (non-hydrogen) atoms. The summed E-state index contributed by atoms with van der Waals surface area (Å²) in [5, 5.41) is 0. The molecule has 0 atom stereocenters. The van der Waals surface area contributed by atoms with Crippen LogP contribution in [0.1, 0.15) is 56.0 Å². The molecule has 1 saturated heterocycles. The number of benzene rings is 1. The largest absolute Gasteiger partial charge is 0.406 e. The molecule has 0 N–H and O–H groups in total. The Morgan fingerprint density at radius 1 is 1.07 bits per heavy atom. The molecule has 164 valence electrons. The summed E-state index contributed by atoms with van der Waals surface area (Å²) in [5.41, 5.74) is -0.128. The number of carbonyl (C=O) groups is 1. The second kappa shape index (κ2) is 8.63. The van der Waals surface area contributed by atoms with E-state index < -0.39 is 34.1 Å². The molecule has 0 aromatic heterocycles. The second-order valence-corrected chi connectivity index (χ2v) is 10.7. The Bertz CT molecular complexity index is 824. The van der Waals surface area contributed by atoms with Crippen molar-refractivity contribution in [1.29, 1.82) is 0 Å². The molecule has 1 aromatic rings. The smallest absolute Gasteiger partial charge is 0.329 e. The molecule has 0 radical (unpaired) electrons. The zero-order chi connectivity index (χ0) is 22.0. The van der Waals surface area contributed by atoms with Crippen LogP contribution in [0.3, 0.4) is 0 Å². The van der Waals surface area contributed by atoms with Crippen molar-refractivity contribution in [1.82, 2.24) is 9.21 Å². The number of carbonyl (C=O) groups excluding carboxylic acids is 1. The Hall–Kier alpha value is -1.61. The van der Waals surface area contributed by atoms with Crippen LogP contribution in [-0.4, -0.2) is 55.9 Å². The number of piperidine rings is 1. The van der Waals surface area contributed by atoms with Crippen molar-refractivity contribution in [2.24, 2.45) is 5.41 Å². The van der Waals surface area contributed by atoms with Crippen LogP contribution in [0, 0.1) is 12.3 Å². The van der Waals surface area contributed by atoms with Crippen LogP contribution in [0.25, 0.3) is 0 Å². The molecule has 0 saturated carbocycles. The lowest BCUT2D eigenvalue weighted by Gasteiger charge is -2.31. The fourth-order valence-electron chi connectivity index (χ4n) is 3.41. The normalized spacial score (nSPS) is 16.7. The minimum Gasteiger partial charge on any atom is -0.329 e. The van der Waals surface area contributed by atoms with Gasteiger partial charge in [0, 0.05) is 25.2 Å². The van der Waals surface area contributed by atoms with Gasteiger partial charge in [0.15, 0.2) is 0 Å². The third-order valence-corrected chi connectivity index (χ3v) is 6.61. The number of amides is 1. The summed E-state index contributed by atoms with van der Waals surface area (Å²) >= 11 is 0. The molecule has 0 bridgehead atoms. The molecule has 1 aliphatic heterocycles. The van der Waals surface area contributed by atoms with E-state index in [0.717, 1.165) is 24.2 Å². The summed E-state index contributed by atoms with van der Waals surface area (Å²) in [5.74, 6) is -0.814. The molecule has 2 rings (SSSR count). The van der Waals surface area contributed by atoms with Crippen molar-refractivity contribution >= 4 is 15.9 Å². The average molecular weight is 435 g/mol. The molecule has 1 heterocycles. The minimum absolute atomic E-state index is 0.0171. The molecule has 1 aliphatic rings. The van der Waals surface area contributed by atoms with Crippen LogP contribution in [0.5, 0.6) is 0 Å². The first-order valence-electron chi connectivity index (χ1n) is 9.67. The predicted octanol–water partition coefficient (Wildman–Crippen LogP) is 4.22. The number of hydrogen-bond donors (Lipinski definition) is 0. The number of rotatable bonds is 5. The van der Waals surface area contributed by atoms with E-state index in [1.54, 1.807) is 27.7 Å². The Balaban J connectivity index is 2.41. The average Bonchev–Trinajstić information content (AvgIpc) is 2.59. The Morgan fingerprint density at radius 2 is 1.66 bits per heavy atom. The Morgan fingerprint density at radius 3 is 2.17 bits per heavy atom. The van der Waals surface area contributed by atoms with E-state index in [1.807, 2.05) is 0 Å². The van der Waals surface area contributed by atoms with Crippen LogP contribution < -0.4 is 0 Å². The SMILES string of the molecule is Cc1ccc(S(=O)(=O)N2CCCCC2)cc1C(=O)N(CC(C)(C)C)CC(F)(F)F. The Labute approximate surface area is 170 Å². The molecule has 1 fully saturated rings. The van der Waals surface area contributed by atoms with Gasteiger partial charge < -0.3 is 4.90 Å². The van der Waals surface area contributed by atoms with E-state index in [2.05, 4.69) is 0 Å². The van der Waals surface area contributed by atoms with Gasteiger partial charge in [0.1, 0.15) is 6.54 Å². The van der Waals surface area contributed by atoms with Crippen LogP contribution >= 0.6 is 0 Å². The van der Waals surface area contributed by atoms with Gasteiger partial charge in [0.25, 0.3) is 5.91 Å². The van der Waals surface area contributed by atoms with Gasteiger partial charge in [-0.15, -0.1) is 0 Å². The summed E-state index contributed by atoms with van der Waals surface area (Å²) < 4.78 is 66.4. The molecular weight excluding hydrogens is 405 g/mol. The van der Waals surface area contributed by atoms with E-state index in [1.165, 1.54) is 22.5 Å². The molecule has 0 unspecified atom stereocenters. The summed E-state index contributed by atoms with van der Waals surface area (Å²) in [6, 6.07) is 4.11. The third-order valence-electron chi connectivity index (χ3n) is 4.71. The lowest BCUT2D eigenvalue weighted by molar-refractivity contribution is -0.142. The number of hydrogen-bond acceptors (Lipinski definition) is 3. The lowest BCUT2D eigenvalue weighted by atomic mass is 9.95. The summed E-state index contributed by atoms with van der Waals surface area (Å²) in [6.07, 6.45) is -2.06. The second-order valence-electron chi connectivity index (χ2n) is 8.78. The highest BCUT2D eigenvalue weighted by Crippen LogP contribution is 2.26. The van der Waals surface area contributed by atoms with Gasteiger partial charge in [-0.05, 0) is 42.9 Å². The van der Waals surface area contributed by atoms with E-state index in [0.29, 0.717) is 18.7 Å². The van der Waals surface area contributed by atoms with Crippen molar-refractivity contribution < 1.29 is 26.4 Å². The number of sulfonamides is 1. The maximum Gasteiger partial charge on any atom is 0.406 e. The van der Waals surface area contributed by atoms with Gasteiger partial charge in [-0.2, -0.15) is 17.5 Å². The number of alkyl halides is 3. The van der Waals surface area contributed by atoms with Gasteiger partial charge in [0.2, 0.25) is 10.0 Å². The van der Waals surface area contributed by atoms with E-state index in [-0.39, 0.29) is 17.0 Å². The Kier molecular flexibility index (Phi) is 7.05. The number of aryl methyl sites for hydroxylation is 1. The van der Waals surface area contributed by atoms with Crippen molar-refractivity contribution in [3.8, 4) is 0 Å². The summed E-state index contributed by atoms with van der Waals surface area (Å²) in [4.78, 5) is 13.7. The van der Waals surface area contributed by atoms with Crippen LogP contribution in [0.2, 0.25) is 0 Å². The summed E-state index contributed by atoms with van der Waals surface area (Å²) in [6.45, 7) is 6.15. The van der Waals surface area contributed by atoms with Crippen LogP contribution in [-0.2, 0) is 10.0 Å². The standard InChI is InChI=1S/C20H29F3N2O3S/c1-15-8-9-16(29(27,28)25-10-6-5-7-11-25)12-17(15)18(26)24(13-19(2,3)4)14-20(21,22)23/h8-9,12H,5-7,10-11,13-14H2,1-4H3. The van der Waals surface area contributed by atoms with Crippen molar-refractivity contribution in [2.75, 3.05) is 26.2 Å². The zero-order valence-electron chi connectivity index (χ0n) is 17.3. The highest BCUT2D eigenvalue weighted by Gasteiger charge is 2.36.